The van der Waals surface area contributed by atoms with Crippen LogP contribution < -0.4 is 0 Å². The first-order valence-electron chi connectivity index (χ1n) is 4.18. The molecule has 0 radical (unpaired) electrons. The highest BCUT2D eigenvalue weighted by Gasteiger charge is 1.34. The topological polar surface area (TPSA) is 0 Å². The number of allylic oxidation sites excluding steroid dienone is 3. The second-order valence-electron chi connectivity index (χ2n) is 1.32. The molecule has 0 atom stereocenters. The van der Waals surface area contributed by atoms with E-state index in [1.807, 2.05) is 46.8 Å². The fourth-order valence-corrected chi connectivity index (χ4v) is 0. The first-order valence-corrected chi connectivity index (χ1v) is 4.18. The molecule has 0 N–H and O–H groups in total. The summed E-state index contributed by atoms with van der Waals surface area (Å²) in [7, 11) is 0. The van der Waals surface area contributed by atoms with Crippen LogP contribution in [0.25, 0.3) is 0 Å². The lowest BCUT2D eigenvalue weighted by molar-refractivity contribution is 1.50. The molecule has 0 unspecified atom stereocenters. The lowest BCUT2D eigenvalue weighted by Gasteiger charge is -1.49. The number of rotatable bonds is 0. The molecule has 0 bridgehead atoms. The summed E-state index contributed by atoms with van der Waals surface area (Å²) in [5.41, 5.74) is 2.25. The van der Waals surface area contributed by atoms with Crippen molar-refractivity contribution in [2.24, 2.45) is 0 Å². The summed E-state index contributed by atoms with van der Waals surface area (Å²) in [6.07, 6.45) is 5.75. The van der Waals surface area contributed by atoms with E-state index in [1.165, 1.54) is 0 Å². The predicted molar refractivity (Wildman–Crippen MR) is 62.5 cm³/mol. The molecule has 0 aliphatic carbocycles. The van der Waals surface area contributed by atoms with Gasteiger partial charge in [-0.25, -0.2) is 0 Å². The Hall–Kier alpha value is -1.00. The highest BCUT2D eigenvalue weighted by atomic mass is 13.4. The van der Waals surface area contributed by atoms with E-state index < -0.39 is 0 Å². The Labute approximate surface area is 79.0 Å². The van der Waals surface area contributed by atoms with Gasteiger partial charge in [-0.2, -0.15) is 0 Å². The van der Waals surface area contributed by atoms with Crippen molar-refractivity contribution in [1.29, 1.82) is 0 Å². The second-order valence-corrected chi connectivity index (χ2v) is 1.32. The fourth-order valence-electron chi connectivity index (χ4n) is 0. The van der Waals surface area contributed by atoms with Crippen LogP contribution in [0.2, 0.25) is 0 Å². The van der Waals surface area contributed by atoms with Gasteiger partial charge in [0.2, 0.25) is 0 Å². The van der Waals surface area contributed by atoms with Gasteiger partial charge >= 0.3 is 0 Å². The fraction of sp³-hybridized carbons (Fsp3) is 0.417. The van der Waals surface area contributed by atoms with Gasteiger partial charge in [0.05, 0.1) is 0 Å². The molecular formula is C12H24. The summed E-state index contributed by atoms with van der Waals surface area (Å²) < 4.78 is 0. The van der Waals surface area contributed by atoms with Crippen molar-refractivity contribution in [2.45, 2.75) is 34.6 Å². The molecule has 0 nitrogen and oxygen atoms in total. The van der Waals surface area contributed by atoms with Gasteiger partial charge in [0.25, 0.3) is 0 Å². The second kappa shape index (κ2) is 90.0. The first kappa shape index (κ1) is 22.4. The van der Waals surface area contributed by atoms with Crippen molar-refractivity contribution < 1.29 is 0 Å². The smallest absolute Gasteiger partial charge is 0.0470 e. The van der Waals surface area contributed by atoms with Crippen LogP contribution in [0, 0.1) is 0 Å². The van der Waals surface area contributed by atoms with E-state index >= 15 is 0 Å². The summed E-state index contributed by atoms with van der Waals surface area (Å²) in [5, 5.41) is 0. The Morgan fingerprint density at radius 3 is 1.00 bits per heavy atom. The Morgan fingerprint density at radius 1 is 0.917 bits per heavy atom. The Bertz CT molecular complexity index is 86.6. The molecule has 0 saturated carbocycles. The van der Waals surface area contributed by atoms with E-state index in [4.69, 9.17) is 0 Å². The average molecular weight is 168 g/mol. The van der Waals surface area contributed by atoms with Crippen molar-refractivity contribution in [1.82, 2.24) is 0 Å². The van der Waals surface area contributed by atoms with Gasteiger partial charge < -0.3 is 0 Å². The molecule has 0 amide bonds. The average Bonchev–Trinajstić information content (AvgIpc) is 2.10. The van der Waals surface area contributed by atoms with Gasteiger partial charge in [-0.3, -0.25) is 0 Å². The molecular weight excluding hydrogens is 144 g/mol. The maximum Gasteiger partial charge on any atom is -0.0470 e. The van der Waals surface area contributed by atoms with Crippen molar-refractivity contribution in [3.8, 4) is 0 Å². The van der Waals surface area contributed by atoms with Gasteiger partial charge in [-0.15, -0.1) is 12.3 Å². The Balaban J connectivity index is -0.0000000368. The third-order valence-corrected chi connectivity index (χ3v) is 0.333. The molecule has 0 aliphatic rings. The van der Waals surface area contributed by atoms with E-state index in [1.54, 1.807) is 6.08 Å². The van der Waals surface area contributed by atoms with Gasteiger partial charge in [-0.05, 0) is 20.8 Å². The molecule has 0 heterocycles. The normalized spacial score (nSPS) is 5.42. The zero-order valence-electron chi connectivity index (χ0n) is 9.35. The van der Waals surface area contributed by atoms with Crippen LogP contribution in [0.1, 0.15) is 34.6 Å². The molecule has 0 rings (SSSR count). The zero-order valence-corrected chi connectivity index (χ0v) is 9.35. The van der Waals surface area contributed by atoms with Crippen LogP contribution in [0.3, 0.4) is 0 Å². The third kappa shape index (κ3) is 0. The van der Waals surface area contributed by atoms with Crippen LogP contribution >= 0.6 is 0 Å². The molecule has 0 aliphatic heterocycles. The van der Waals surface area contributed by atoms with Crippen LogP contribution in [-0.4, -0.2) is 0 Å². The highest BCUT2D eigenvalue weighted by Crippen LogP contribution is 1.57. The van der Waals surface area contributed by atoms with E-state index in [-0.39, 0.29) is 0 Å². The summed E-state index contributed by atoms with van der Waals surface area (Å²) in [4.78, 5) is 0. The summed E-state index contributed by atoms with van der Waals surface area (Å²) in [6, 6.07) is 0. The summed E-state index contributed by atoms with van der Waals surface area (Å²) in [6.45, 7) is 19.5. The van der Waals surface area contributed by atoms with Crippen molar-refractivity contribution >= 4 is 0 Å². The van der Waals surface area contributed by atoms with E-state index in [9.17, 15) is 0 Å². The van der Waals surface area contributed by atoms with Crippen LogP contribution in [0.5, 0.6) is 0 Å². The number of hydrogen-bond acceptors (Lipinski definition) is 0. The summed E-state index contributed by atoms with van der Waals surface area (Å²) >= 11 is 0. The molecule has 0 aromatic heterocycles. The number of hydrogen-bond donors (Lipinski definition) is 0. The minimum atomic E-state index is 1.75. The van der Waals surface area contributed by atoms with Gasteiger partial charge in [0.1, 0.15) is 0 Å². The monoisotopic (exact) mass is 168 g/mol. The van der Waals surface area contributed by atoms with Crippen LogP contribution in [-0.2, 0) is 0 Å². The van der Waals surface area contributed by atoms with Crippen LogP contribution in [0.15, 0.2) is 43.7 Å². The minimum Gasteiger partial charge on any atom is -0.137 e. The molecule has 0 aromatic rings. The third-order valence-electron chi connectivity index (χ3n) is 0.333. The standard InChI is InChI=1S/C4H8.C3H6.C3H4.C2H6/c1-3-4-2;2*1-3-2;1-2/h3-4H,1-2H3;3H,1H2,2H3;1-2H2;1-2H3/b4-3-;;;. The predicted octanol–water partition coefficient (Wildman–Crippen LogP) is 4.76. The Kier molecular flexibility index (Phi) is 168. The van der Waals surface area contributed by atoms with E-state index in [2.05, 4.69) is 25.5 Å². The highest BCUT2D eigenvalue weighted by molar-refractivity contribution is 4.68. The van der Waals surface area contributed by atoms with Gasteiger partial charge in [-0.1, -0.05) is 45.2 Å². The molecule has 12 heavy (non-hydrogen) atoms. The lowest BCUT2D eigenvalue weighted by Crippen LogP contribution is -1.26. The van der Waals surface area contributed by atoms with Crippen molar-refractivity contribution in [3.63, 3.8) is 0 Å². The summed E-state index contributed by atoms with van der Waals surface area (Å²) in [5.74, 6) is 0. The lowest BCUT2D eigenvalue weighted by atomic mass is 10.6. The van der Waals surface area contributed by atoms with Gasteiger partial charge in [0.15, 0.2) is 0 Å². The van der Waals surface area contributed by atoms with Gasteiger partial charge in [0, 0.05) is 0 Å². The quantitative estimate of drug-likeness (QED) is 0.361. The zero-order chi connectivity index (χ0) is 10.8. The van der Waals surface area contributed by atoms with E-state index in [0.29, 0.717) is 0 Å². The molecule has 0 aromatic carbocycles. The Morgan fingerprint density at radius 2 is 1.00 bits per heavy atom. The molecule has 0 saturated heterocycles. The van der Waals surface area contributed by atoms with Crippen molar-refractivity contribution in [2.75, 3.05) is 0 Å². The molecule has 0 fully saturated rings. The molecule has 72 valence electrons. The maximum atomic E-state index is 3.36. The van der Waals surface area contributed by atoms with Crippen LogP contribution in [0.4, 0.5) is 0 Å². The molecule has 0 heteroatoms. The SMILES string of the molecule is C/C=C\C.C=C=C.C=CC.CC. The largest absolute Gasteiger partial charge is 0.137 e. The van der Waals surface area contributed by atoms with E-state index in [0.717, 1.165) is 0 Å². The molecule has 0 spiro atoms. The minimum absolute atomic E-state index is 1.75. The van der Waals surface area contributed by atoms with Crippen molar-refractivity contribution in [3.05, 3.63) is 43.7 Å². The first-order chi connectivity index (χ1) is 5.74. The maximum absolute atomic E-state index is 3.36.